The molecule has 0 aliphatic heterocycles. The summed E-state index contributed by atoms with van der Waals surface area (Å²) in [6, 6.07) is 7.27. The molecule has 1 nitrogen and oxygen atoms in total. The van der Waals surface area contributed by atoms with Crippen molar-refractivity contribution in [3.63, 3.8) is 0 Å². The van der Waals surface area contributed by atoms with Crippen LogP contribution in [0.4, 0.5) is 0 Å². The standard InChI is InChI=1S/C15H21N/c1-10(2)11-3-4-12-13(9-11)15(7-8-15)6-5-14(12)16/h3-4,9-10,14H,5-8,16H2,1-2H3. The Morgan fingerprint density at radius 2 is 2.00 bits per heavy atom. The van der Waals surface area contributed by atoms with Crippen LogP contribution in [-0.4, -0.2) is 0 Å². The fourth-order valence-corrected chi connectivity index (χ4v) is 3.11. The van der Waals surface area contributed by atoms with Gasteiger partial charge in [-0.15, -0.1) is 0 Å². The molecule has 0 aromatic heterocycles. The van der Waals surface area contributed by atoms with E-state index < -0.39 is 0 Å². The number of benzene rings is 1. The van der Waals surface area contributed by atoms with Crippen molar-refractivity contribution in [2.24, 2.45) is 5.73 Å². The van der Waals surface area contributed by atoms with Crippen LogP contribution in [-0.2, 0) is 5.41 Å². The largest absolute Gasteiger partial charge is 0.324 e. The van der Waals surface area contributed by atoms with Gasteiger partial charge < -0.3 is 5.73 Å². The van der Waals surface area contributed by atoms with Gasteiger partial charge in [-0.1, -0.05) is 32.0 Å². The van der Waals surface area contributed by atoms with Gasteiger partial charge in [-0.05, 0) is 53.7 Å². The Labute approximate surface area is 98.0 Å². The highest BCUT2D eigenvalue weighted by atomic mass is 14.7. The molecule has 0 radical (unpaired) electrons. The molecule has 2 N–H and O–H groups in total. The van der Waals surface area contributed by atoms with Crippen molar-refractivity contribution in [3.8, 4) is 0 Å². The van der Waals surface area contributed by atoms with Crippen LogP contribution in [0.25, 0.3) is 0 Å². The third-order valence-corrected chi connectivity index (χ3v) is 4.50. The molecule has 1 spiro atoms. The Morgan fingerprint density at radius 1 is 1.25 bits per heavy atom. The Balaban J connectivity index is 2.11. The van der Waals surface area contributed by atoms with Crippen LogP contribution in [0, 0.1) is 0 Å². The van der Waals surface area contributed by atoms with Crippen LogP contribution < -0.4 is 5.73 Å². The lowest BCUT2D eigenvalue weighted by molar-refractivity contribution is 0.478. The van der Waals surface area contributed by atoms with E-state index in [0.29, 0.717) is 11.3 Å². The topological polar surface area (TPSA) is 26.0 Å². The van der Waals surface area contributed by atoms with Gasteiger partial charge in [-0.3, -0.25) is 0 Å². The fourth-order valence-electron chi connectivity index (χ4n) is 3.11. The maximum Gasteiger partial charge on any atom is 0.0298 e. The smallest absolute Gasteiger partial charge is 0.0298 e. The van der Waals surface area contributed by atoms with Crippen molar-refractivity contribution < 1.29 is 0 Å². The normalized spacial score (nSPS) is 25.9. The Morgan fingerprint density at radius 3 is 2.62 bits per heavy atom. The molecule has 1 atom stereocenters. The van der Waals surface area contributed by atoms with Crippen molar-refractivity contribution in [1.29, 1.82) is 0 Å². The fraction of sp³-hybridized carbons (Fsp3) is 0.600. The van der Waals surface area contributed by atoms with E-state index in [1.807, 2.05) is 0 Å². The average molecular weight is 215 g/mol. The van der Waals surface area contributed by atoms with Gasteiger partial charge in [0.25, 0.3) is 0 Å². The molecule has 1 fully saturated rings. The molecule has 1 aromatic carbocycles. The maximum atomic E-state index is 6.22. The molecule has 0 bridgehead atoms. The van der Waals surface area contributed by atoms with Crippen molar-refractivity contribution in [1.82, 2.24) is 0 Å². The maximum absolute atomic E-state index is 6.22. The summed E-state index contributed by atoms with van der Waals surface area (Å²) in [5.41, 5.74) is 11.2. The molecule has 0 heterocycles. The molecule has 0 saturated heterocycles. The lowest BCUT2D eigenvalue weighted by Gasteiger charge is -2.30. The van der Waals surface area contributed by atoms with Crippen LogP contribution >= 0.6 is 0 Å². The molecule has 1 saturated carbocycles. The van der Waals surface area contributed by atoms with E-state index >= 15 is 0 Å². The molecule has 1 heteroatoms. The highest BCUT2D eigenvalue weighted by Gasteiger charge is 2.48. The van der Waals surface area contributed by atoms with Gasteiger partial charge in [-0.2, -0.15) is 0 Å². The second kappa shape index (κ2) is 3.33. The molecule has 1 aromatic rings. The lowest BCUT2D eigenvalue weighted by atomic mass is 9.76. The molecule has 3 rings (SSSR count). The van der Waals surface area contributed by atoms with E-state index in [9.17, 15) is 0 Å². The highest BCUT2D eigenvalue weighted by molar-refractivity contribution is 5.45. The Hall–Kier alpha value is -0.820. The second-order valence-corrected chi connectivity index (χ2v) is 5.93. The van der Waals surface area contributed by atoms with Crippen molar-refractivity contribution in [2.45, 2.75) is 56.9 Å². The van der Waals surface area contributed by atoms with Gasteiger partial charge in [0.1, 0.15) is 0 Å². The molecular formula is C15H21N. The predicted molar refractivity (Wildman–Crippen MR) is 67.6 cm³/mol. The highest BCUT2D eigenvalue weighted by Crippen LogP contribution is 2.57. The van der Waals surface area contributed by atoms with Gasteiger partial charge in [0.2, 0.25) is 0 Å². The quantitative estimate of drug-likeness (QED) is 0.760. The van der Waals surface area contributed by atoms with Crippen molar-refractivity contribution in [2.75, 3.05) is 0 Å². The SMILES string of the molecule is CC(C)c1ccc2c(c1)C1(CCC2N)CC1. The average Bonchev–Trinajstić information content (AvgIpc) is 3.05. The molecule has 86 valence electrons. The third-order valence-electron chi connectivity index (χ3n) is 4.50. The van der Waals surface area contributed by atoms with E-state index in [-0.39, 0.29) is 6.04 Å². The van der Waals surface area contributed by atoms with Crippen LogP contribution in [0.15, 0.2) is 18.2 Å². The summed E-state index contributed by atoms with van der Waals surface area (Å²) in [5.74, 6) is 0.624. The van der Waals surface area contributed by atoms with Crippen LogP contribution in [0.1, 0.15) is 68.2 Å². The van der Waals surface area contributed by atoms with Gasteiger partial charge in [0, 0.05) is 6.04 Å². The summed E-state index contributed by atoms with van der Waals surface area (Å²) in [6.07, 6.45) is 5.25. The molecule has 0 amide bonds. The summed E-state index contributed by atoms with van der Waals surface area (Å²) >= 11 is 0. The minimum atomic E-state index is 0.280. The zero-order valence-electron chi connectivity index (χ0n) is 10.3. The van der Waals surface area contributed by atoms with Gasteiger partial charge in [-0.25, -0.2) is 0 Å². The molecule has 1 unspecified atom stereocenters. The van der Waals surface area contributed by atoms with Crippen molar-refractivity contribution in [3.05, 3.63) is 34.9 Å². The number of hydrogen-bond acceptors (Lipinski definition) is 1. The van der Waals surface area contributed by atoms with E-state index in [1.165, 1.54) is 36.8 Å². The molecular weight excluding hydrogens is 194 g/mol. The Bertz CT molecular complexity index is 415. The van der Waals surface area contributed by atoms with Crippen LogP contribution in [0.5, 0.6) is 0 Å². The number of nitrogens with two attached hydrogens (primary N) is 1. The van der Waals surface area contributed by atoms with Gasteiger partial charge >= 0.3 is 0 Å². The van der Waals surface area contributed by atoms with Crippen LogP contribution in [0.3, 0.4) is 0 Å². The predicted octanol–water partition coefficient (Wildman–Crippen LogP) is 3.64. The zero-order valence-corrected chi connectivity index (χ0v) is 10.3. The zero-order chi connectivity index (χ0) is 11.3. The minimum Gasteiger partial charge on any atom is -0.324 e. The minimum absolute atomic E-state index is 0.280. The van der Waals surface area contributed by atoms with Crippen LogP contribution in [0.2, 0.25) is 0 Å². The molecule has 2 aliphatic rings. The summed E-state index contributed by atoms with van der Waals surface area (Å²) in [7, 11) is 0. The summed E-state index contributed by atoms with van der Waals surface area (Å²) in [6.45, 7) is 4.54. The lowest BCUT2D eigenvalue weighted by Crippen LogP contribution is -2.24. The number of rotatable bonds is 1. The molecule has 16 heavy (non-hydrogen) atoms. The third kappa shape index (κ3) is 1.41. The van der Waals surface area contributed by atoms with E-state index in [4.69, 9.17) is 5.73 Å². The first-order valence-electron chi connectivity index (χ1n) is 6.52. The van der Waals surface area contributed by atoms with Crippen molar-refractivity contribution >= 4 is 0 Å². The first-order valence-corrected chi connectivity index (χ1v) is 6.52. The second-order valence-electron chi connectivity index (χ2n) is 5.93. The summed E-state index contributed by atoms with van der Waals surface area (Å²) in [5, 5.41) is 0. The first-order chi connectivity index (χ1) is 7.62. The number of fused-ring (bicyclic) bond motifs is 2. The van der Waals surface area contributed by atoms with E-state index in [2.05, 4.69) is 32.0 Å². The monoisotopic (exact) mass is 215 g/mol. The Kier molecular flexibility index (Phi) is 2.16. The van der Waals surface area contributed by atoms with Gasteiger partial charge in [0.05, 0.1) is 0 Å². The first kappa shape index (κ1) is 10.3. The van der Waals surface area contributed by atoms with Gasteiger partial charge in [0.15, 0.2) is 0 Å². The summed E-state index contributed by atoms with van der Waals surface area (Å²) in [4.78, 5) is 0. The summed E-state index contributed by atoms with van der Waals surface area (Å²) < 4.78 is 0. The van der Waals surface area contributed by atoms with E-state index in [0.717, 1.165) is 0 Å². The molecule has 2 aliphatic carbocycles. The van der Waals surface area contributed by atoms with E-state index in [1.54, 1.807) is 5.56 Å². The number of hydrogen-bond donors (Lipinski definition) is 1.